The summed E-state index contributed by atoms with van der Waals surface area (Å²) in [6, 6.07) is 19.5. The quantitative estimate of drug-likeness (QED) is 0.717. The summed E-state index contributed by atoms with van der Waals surface area (Å²) in [6.07, 6.45) is 0.328. The molecule has 0 amide bonds. The molecule has 0 aromatic heterocycles. The van der Waals surface area contributed by atoms with E-state index in [0.29, 0.717) is 6.42 Å². The molecule has 2 rings (SSSR count). The molecule has 1 atom stereocenters. The SMILES string of the molecule is NCC(CC(c1ccccc1)c1ccccc1)P(=O)(O)O. The maximum absolute atomic E-state index is 11.6. The predicted octanol–water partition coefficient (Wildman–Crippen LogP) is 2.71. The van der Waals surface area contributed by atoms with Gasteiger partial charge >= 0.3 is 7.60 Å². The number of nitrogens with two attached hydrogens (primary N) is 1. The van der Waals surface area contributed by atoms with Crippen molar-refractivity contribution in [2.45, 2.75) is 18.0 Å². The van der Waals surface area contributed by atoms with Gasteiger partial charge in [-0.25, -0.2) is 0 Å². The van der Waals surface area contributed by atoms with Crippen molar-refractivity contribution in [1.29, 1.82) is 0 Å². The Morgan fingerprint density at radius 3 is 1.67 bits per heavy atom. The number of benzene rings is 2. The second kappa shape index (κ2) is 7.01. The molecule has 1 unspecified atom stereocenters. The maximum atomic E-state index is 11.6. The van der Waals surface area contributed by atoms with Crippen LogP contribution in [0.4, 0.5) is 0 Å². The van der Waals surface area contributed by atoms with E-state index in [-0.39, 0.29) is 12.5 Å². The van der Waals surface area contributed by atoms with E-state index in [2.05, 4.69) is 0 Å². The average molecular weight is 305 g/mol. The highest BCUT2D eigenvalue weighted by Crippen LogP contribution is 2.46. The fourth-order valence-corrected chi connectivity index (χ4v) is 3.24. The molecule has 2 aromatic carbocycles. The third kappa shape index (κ3) is 4.26. The Kier molecular flexibility index (Phi) is 5.32. The van der Waals surface area contributed by atoms with Crippen LogP contribution in [0, 0.1) is 0 Å². The summed E-state index contributed by atoms with van der Waals surface area (Å²) in [6.45, 7) is -0.0273. The predicted molar refractivity (Wildman–Crippen MR) is 84.2 cm³/mol. The zero-order chi connectivity index (χ0) is 15.3. The van der Waals surface area contributed by atoms with Crippen LogP contribution in [0.3, 0.4) is 0 Å². The van der Waals surface area contributed by atoms with E-state index in [4.69, 9.17) is 5.73 Å². The summed E-state index contributed by atoms with van der Waals surface area (Å²) in [5, 5.41) is 0. The molecule has 0 saturated carbocycles. The van der Waals surface area contributed by atoms with Crippen LogP contribution in [-0.4, -0.2) is 22.0 Å². The highest BCUT2D eigenvalue weighted by Gasteiger charge is 2.31. The van der Waals surface area contributed by atoms with Crippen LogP contribution in [0.15, 0.2) is 60.7 Å². The van der Waals surface area contributed by atoms with E-state index in [1.807, 2.05) is 60.7 Å². The molecule has 2 aromatic rings. The minimum Gasteiger partial charge on any atom is -0.330 e. The molecule has 21 heavy (non-hydrogen) atoms. The lowest BCUT2D eigenvalue weighted by Crippen LogP contribution is -2.23. The van der Waals surface area contributed by atoms with Crippen molar-refractivity contribution in [1.82, 2.24) is 0 Å². The molecule has 0 fully saturated rings. The van der Waals surface area contributed by atoms with Gasteiger partial charge in [0.25, 0.3) is 0 Å². The number of hydrogen-bond donors (Lipinski definition) is 3. The van der Waals surface area contributed by atoms with E-state index >= 15 is 0 Å². The largest absolute Gasteiger partial charge is 0.330 e. The van der Waals surface area contributed by atoms with Crippen molar-refractivity contribution >= 4 is 7.60 Å². The molecule has 5 heteroatoms. The second-order valence-electron chi connectivity index (χ2n) is 5.09. The Morgan fingerprint density at radius 2 is 1.33 bits per heavy atom. The Hall–Kier alpha value is -1.45. The van der Waals surface area contributed by atoms with Gasteiger partial charge in [-0.2, -0.15) is 0 Å². The van der Waals surface area contributed by atoms with Crippen LogP contribution >= 0.6 is 7.60 Å². The first kappa shape index (κ1) is 15.9. The number of rotatable bonds is 6. The standard InChI is InChI=1S/C16H20NO3P/c17-12-15(21(18,19)20)11-16(13-7-3-1-4-8-13)14-9-5-2-6-10-14/h1-10,15-16H,11-12,17H2,(H2,18,19,20). The fourth-order valence-electron chi connectivity index (χ4n) is 2.48. The van der Waals surface area contributed by atoms with Crippen molar-refractivity contribution in [2.24, 2.45) is 5.73 Å². The van der Waals surface area contributed by atoms with Crippen molar-refractivity contribution < 1.29 is 14.4 Å². The topological polar surface area (TPSA) is 83.6 Å². The third-order valence-corrected chi connectivity index (χ3v) is 5.03. The van der Waals surface area contributed by atoms with Gasteiger partial charge in [0.2, 0.25) is 0 Å². The maximum Gasteiger partial charge on any atom is 0.329 e. The summed E-state index contributed by atoms with van der Waals surface area (Å²) >= 11 is 0. The second-order valence-corrected chi connectivity index (χ2v) is 7.00. The minimum absolute atomic E-state index is 0.0273. The molecule has 0 radical (unpaired) electrons. The minimum atomic E-state index is -4.20. The van der Waals surface area contributed by atoms with Gasteiger partial charge < -0.3 is 15.5 Å². The molecular weight excluding hydrogens is 285 g/mol. The molecule has 112 valence electrons. The molecule has 0 aliphatic rings. The molecule has 4 nitrogen and oxygen atoms in total. The van der Waals surface area contributed by atoms with Crippen molar-refractivity contribution in [3.05, 3.63) is 71.8 Å². The zero-order valence-electron chi connectivity index (χ0n) is 11.7. The Labute approximate surface area is 124 Å². The highest BCUT2D eigenvalue weighted by atomic mass is 31.2. The van der Waals surface area contributed by atoms with E-state index in [9.17, 15) is 14.4 Å². The molecule has 0 saturated heterocycles. The normalized spacial score (nSPS) is 13.3. The van der Waals surface area contributed by atoms with E-state index < -0.39 is 13.3 Å². The monoisotopic (exact) mass is 305 g/mol. The third-order valence-electron chi connectivity index (χ3n) is 3.66. The lowest BCUT2D eigenvalue weighted by molar-refractivity contribution is 0.353. The Bertz CT molecular complexity index is 558. The van der Waals surface area contributed by atoms with E-state index in [1.54, 1.807) is 0 Å². The summed E-state index contributed by atoms with van der Waals surface area (Å²) < 4.78 is 11.6. The Balaban J connectivity index is 2.36. The van der Waals surface area contributed by atoms with Crippen LogP contribution < -0.4 is 5.73 Å². The van der Waals surface area contributed by atoms with E-state index in [0.717, 1.165) is 11.1 Å². The van der Waals surface area contributed by atoms with Gasteiger partial charge in [-0.05, 0) is 17.5 Å². The summed E-state index contributed by atoms with van der Waals surface area (Å²) in [7, 11) is -4.20. The van der Waals surface area contributed by atoms with Gasteiger partial charge in [0.15, 0.2) is 0 Å². The van der Waals surface area contributed by atoms with Gasteiger partial charge in [0.1, 0.15) is 0 Å². The van der Waals surface area contributed by atoms with Crippen LogP contribution in [-0.2, 0) is 4.57 Å². The number of hydrogen-bond acceptors (Lipinski definition) is 2. The highest BCUT2D eigenvalue weighted by molar-refractivity contribution is 7.52. The fraction of sp³-hybridized carbons (Fsp3) is 0.250. The van der Waals surface area contributed by atoms with Gasteiger partial charge in [-0.1, -0.05) is 60.7 Å². The first-order valence-electron chi connectivity index (χ1n) is 6.87. The van der Waals surface area contributed by atoms with E-state index in [1.165, 1.54) is 0 Å². The lowest BCUT2D eigenvalue weighted by atomic mass is 9.87. The molecule has 0 aliphatic carbocycles. The van der Waals surface area contributed by atoms with Gasteiger partial charge in [0, 0.05) is 12.5 Å². The Morgan fingerprint density at radius 1 is 0.905 bits per heavy atom. The van der Waals surface area contributed by atoms with Crippen LogP contribution in [0.2, 0.25) is 0 Å². The molecule has 0 bridgehead atoms. The zero-order valence-corrected chi connectivity index (χ0v) is 12.6. The van der Waals surface area contributed by atoms with Gasteiger partial charge in [-0.15, -0.1) is 0 Å². The van der Waals surface area contributed by atoms with Crippen LogP contribution in [0.25, 0.3) is 0 Å². The molecule has 0 spiro atoms. The molecule has 4 N–H and O–H groups in total. The van der Waals surface area contributed by atoms with Gasteiger partial charge in [0.05, 0.1) is 5.66 Å². The summed E-state index contributed by atoms with van der Waals surface area (Å²) in [5.74, 6) is -0.0754. The smallest absolute Gasteiger partial charge is 0.329 e. The summed E-state index contributed by atoms with van der Waals surface area (Å²) in [5.41, 5.74) is 6.82. The van der Waals surface area contributed by atoms with Crippen LogP contribution in [0.1, 0.15) is 23.5 Å². The molecular formula is C16H20NO3P. The van der Waals surface area contributed by atoms with Gasteiger partial charge in [-0.3, -0.25) is 4.57 Å². The van der Waals surface area contributed by atoms with Crippen molar-refractivity contribution in [3.63, 3.8) is 0 Å². The lowest BCUT2D eigenvalue weighted by Gasteiger charge is -2.24. The van der Waals surface area contributed by atoms with Crippen LogP contribution in [0.5, 0.6) is 0 Å². The first-order chi connectivity index (χ1) is 10.0. The van der Waals surface area contributed by atoms with Crippen molar-refractivity contribution in [2.75, 3.05) is 6.54 Å². The summed E-state index contributed by atoms with van der Waals surface area (Å²) in [4.78, 5) is 18.9. The molecule has 0 aliphatic heterocycles. The first-order valence-corrected chi connectivity index (χ1v) is 8.55. The molecule has 0 heterocycles. The average Bonchev–Trinajstić information content (AvgIpc) is 2.49. The van der Waals surface area contributed by atoms with Crippen molar-refractivity contribution in [3.8, 4) is 0 Å².